The Morgan fingerprint density at radius 1 is 1.21 bits per heavy atom. The molecule has 3 aliphatic rings. The number of aromatic amines is 1. The van der Waals surface area contributed by atoms with E-state index in [-0.39, 0.29) is 50.2 Å². The number of nitrogens with zero attached hydrogens (tertiary/aromatic N) is 1. The highest BCUT2D eigenvalue weighted by molar-refractivity contribution is 5.78. The van der Waals surface area contributed by atoms with Gasteiger partial charge in [-0.3, -0.25) is 4.79 Å². The minimum Gasteiger partial charge on any atom is -0.376 e. The lowest BCUT2D eigenvalue weighted by atomic mass is 9.79. The van der Waals surface area contributed by atoms with Crippen molar-refractivity contribution >= 4 is 16.9 Å². The molecule has 10 heteroatoms. The standard InChI is InChI=1S/C23H28F4N4O2/c24-22(25)5-6-33-17(11-22)19(28)21-29-15-4-3-14(8-16(15)30-21)20(13-1-2-13)31-18(32)7-12-9-23(26,27)10-12/h3-4,8,12-13,17,19-20H,1-2,5-7,9-11,28H2,(H,29,30)(H,31,32)/t17-,19-,20+/m0/s1. The zero-order chi connectivity index (χ0) is 23.4. The van der Waals surface area contributed by atoms with E-state index >= 15 is 0 Å². The Morgan fingerprint density at radius 3 is 2.64 bits per heavy atom. The third kappa shape index (κ3) is 5.01. The number of imidazole rings is 1. The number of H-pyrrole nitrogens is 1. The molecule has 2 aromatic rings. The van der Waals surface area contributed by atoms with Crippen LogP contribution in [0.15, 0.2) is 18.2 Å². The maximum absolute atomic E-state index is 13.8. The lowest BCUT2D eigenvalue weighted by Crippen LogP contribution is -2.40. The molecule has 2 aliphatic carbocycles. The molecule has 3 atom stereocenters. The number of alkyl halides is 4. The number of hydrogen-bond acceptors (Lipinski definition) is 4. The number of halogens is 4. The molecule has 1 aromatic carbocycles. The number of nitrogens with two attached hydrogens (primary N) is 1. The Labute approximate surface area is 188 Å². The SMILES string of the molecule is N[C@H](c1nc2ccc([C@H](NC(=O)CC3CC(F)(F)C3)C3CC3)cc2[nH]1)[C@@H]1CC(F)(F)CCO1. The number of rotatable bonds is 7. The first-order chi connectivity index (χ1) is 15.6. The van der Waals surface area contributed by atoms with E-state index in [2.05, 4.69) is 15.3 Å². The van der Waals surface area contributed by atoms with E-state index in [0.29, 0.717) is 22.8 Å². The highest BCUT2D eigenvalue weighted by Crippen LogP contribution is 2.45. The summed E-state index contributed by atoms with van der Waals surface area (Å²) in [6.07, 6.45) is 0.0361. The van der Waals surface area contributed by atoms with Crippen molar-refractivity contribution in [2.24, 2.45) is 17.6 Å². The van der Waals surface area contributed by atoms with Crippen LogP contribution >= 0.6 is 0 Å². The van der Waals surface area contributed by atoms with Crippen molar-refractivity contribution in [2.45, 2.75) is 75.0 Å². The van der Waals surface area contributed by atoms with E-state index in [0.717, 1.165) is 18.4 Å². The molecule has 2 saturated carbocycles. The monoisotopic (exact) mass is 468 g/mol. The predicted octanol–water partition coefficient (Wildman–Crippen LogP) is 4.38. The Morgan fingerprint density at radius 2 is 1.97 bits per heavy atom. The van der Waals surface area contributed by atoms with Crippen LogP contribution in [0.1, 0.15) is 68.4 Å². The largest absolute Gasteiger partial charge is 0.376 e. The first-order valence-electron chi connectivity index (χ1n) is 11.5. The Hall–Kier alpha value is -2.20. The van der Waals surface area contributed by atoms with Gasteiger partial charge in [0.1, 0.15) is 5.82 Å². The van der Waals surface area contributed by atoms with E-state index < -0.39 is 30.4 Å². The van der Waals surface area contributed by atoms with Crippen LogP contribution in [0.3, 0.4) is 0 Å². The molecule has 3 fully saturated rings. The number of ether oxygens (including phenoxy) is 1. The van der Waals surface area contributed by atoms with Gasteiger partial charge in [-0.25, -0.2) is 22.5 Å². The predicted molar refractivity (Wildman–Crippen MR) is 113 cm³/mol. The van der Waals surface area contributed by atoms with Gasteiger partial charge in [0.05, 0.1) is 35.8 Å². The first-order valence-corrected chi connectivity index (χ1v) is 11.5. The molecule has 1 aromatic heterocycles. The summed E-state index contributed by atoms with van der Waals surface area (Å²) in [5.41, 5.74) is 8.43. The summed E-state index contributed by atoms with van der Waals surface area (Å²) >= 11 is 0. The minimum absolute atomic E-state index is 0.0446. The normalized spacial score (nSPS) is 26.5. The average molecular weight is 468 g/mol. The van der Waals surface area contributed by atoms with E-state index in [9.17, 15) is 22.4 Å². The summed E-state index contributed by atoms with van der Waals surface area (Å²) in [5, 5.41) is 3.03. The lowest BCUT2D eigenvalue weighted by Gasteiger charge is -2.34. The van der Waals surface area contributed by atoms with Crippen molar-refractivity contribution in [3.63, 3.8) is 0 Å². The smallest absolute Gasteiger partial charge is 0.252 e. The number of hydrogen-bond donors (Lipinski definition) is 3. The maximum Gasteiger partial charge on any atom is 0.252 e. The number of carbonyl (C=O) groups is 1. The number of carbonyl (C=O) groups excluding carboxylic acids is 1. The average Bonchev–Trinajstić information content (AvgIpc) is 3.47. The number of aromatic nitrogens is 2. The summed E-state index contributed by atoms with van der Waals surface area (Å²) < 4.78 is 59.2. The fourth-order valence-electron chi connectivity index (χ4n) is 4.95. The summed E-state index contributed by atoms with van der Waals surface area (Å²) in [4.78, 5) is 20.1. The van der Waals surface area contributed by atoms with Crippen LogP contribution in [0.5, 0.6) is 0 Å². The van der Waals surface area contributed by atoms with Gasteiger partial charge in [-0.15, -0.1) is 0 Å². The second-order valence-corrected chi connectivity index (χ2v) is 9.86. The molecule has 4 N–H and O–H groups in total. The van der Waals surface area contributed by atoms with Crippen LogP contribution in [0.2, 0.25) is 0 Å². The van der Waals surface area contributed by atoms with Crippen LogP contribution in [0.4, 0.5) is 17.6 Å². The third-order valence-corrected chi connectivity index (χ3v) is 6.96. The van der Waals surface area contributed by atoms with Crippen molar-refractivity contribution in [3.8, 4) is 0 Å². The fourth-order valence-corrected chi connectivity index (χ4v) is 4.95. The highest BCUT2D eigenvalue weighted by Gasteiger charge is 2.46. The van der Waals surface area contributed by atoms with Crippen molar-refractivity contribution in [3.05, 3.63) is 29.6 Å². The zero-order valence-electron chi connectivity index (χ0n) is 18.1. The minimum atomic E-state index is -2.80. The van der Waals surface area contributed by atoms with Crippen LogP contribution in [-0.4, -0.2) is 40.4 Å². The second-order valence-electron chi connectivity index (χ2n) is 9.86. The molecular formula is C23H28F4N4O2. The Balaban J connectivity index is 1.29. The lowest BCUT2D eigenvalue weighted by molar-refractivity contribution is -0.135. The molecule has 0 unspecified atom stereocenters. The van der Waals surface area contributed by atoms with Crippen molar-refractivity contribution in [1.82, 2.24) is 15.3 Å². The number of amides is 1. The van der Waals surface area contributed by atoms with Gasteiger partial charge in [0.15, 0.2) is 0 Å². The Bertz CT molecular complexity index is 1030. The molecule has 1 aliphatic heterocycles. The summed E-state index contributed by atoms with van der Waals surface area (Å²) in [6, 6.07) is 4.55. The maximum atomic E-state index is 13.8. The van der Waals surface area contributed by atoms with Gasteiger partial charge in [-0.05, 0) is 42.4 Å². The summed E-state index contributed by atoms with van der Waals surface area (Å²) in [6.45, 7) is -0.0446. The van der Waals surface area contributed by atoms with Crippen LogP contribution < -0.4 is 11.1 Å². The number of fused-ring (bicyclic) bond motifs is 1. The first kappa shape index (κ1) is 22.6. The molecule has 6 nitrogen and oxygen atoms in total. The summed E-state index contributed by atoms with van der Waals surface area (Å²) in [5.74, 6) is -5.24. The third-order valence-electron chi connectivity index (χ3n) is 6.96. The van der Waals surface area contributed by atoms with E-state index in [1.54, 1.807) is 0 Å². The van der Waals surface area contributed by atoms with Gasteiger partial charge in [-0.2, -0.15) is 0 Å². The van der Waals surface area contributed by atoms with Gasteiger partial charge >= 0.3 is 0 Å². The van der Waals surface area contributed by atoms with Gasteiger partial charge < -0.3 is 20.8 Å². The van der Waals surface area contributed by atoms with Crippen molar-refractivity contribution in [2.75, 3.05) is 6.61 Å². The van der Waals surface area contributed by atoms with Crippen LogP contribution in [0.25, 0.3) is 11.0 Å². The van der Waals surface area contributed by atoms with E-state index in [1.165, 1.54) is 0 Å². The molecule has 180 valence electrons. The Kier molecular flexibility index (Phi) is 5.63. The molecule has 2 heterocycles. The molecule has 33 heavy (non-hydrogen) atoms. The van der Waals surface area contributed by atoms with E-state index in [4.69, 9.17) is 10.5 Å². The summed E-state index contributed by atoms with van der Waals surface area (Å²) in [7, 11) is 0. The highest BCUT2D eigenvalue weighted by atomic mass is 19.3. The molecular weight excluding hydrogens is 440 g/mol. The molecule has 0 bridgehead atoms. The quantitative estimate of drug-likeness (QED) is 0.526. The fraction of sp³-hybridized carbons (Fsp3) is 0.652. The van der Waals surface area contributed by atoms with Gasteiger partial charge in [0.2, 0.25) is 11.8 Å². The topological polar surface area (TPSA) is 93.0 Å². The van der Waals surface area contributed by atoms with Gasteiger partial charge in [0.25, 0.3) is 5.92 Å². The second kappa shape index (κ2) is 8.23. The van der Waals surface area contributed by atoms with Crippen LogP contribution in [0, 0.1) is 11.8 Å². The molecule has 0 spiro atoms. The van der Waals surface area contributed by atoms with Crippen LogP contribution in [-0.2, 0) is 9.53 Å². The van der Waals surface area contributed by atoms with E-state index in [1.807, 2.05) is 18.2 Å². The molecule has 0 radical (unpaired) electrons. The molecule has 1 amide bonds. The van der Waals surface area contributed by atoms with Gasteiger partial charge in [0, 0.05) is 32.1 Å². The molecule has 1 saturated heterocycles. The van der Waals surface area contributed by atoms with Crippen molar-refractivity contribution < 1.29 is 27.1 Å². The number of benzene rings is 1. The molecule has 5 rings (SSSR count). The van der Waals surface area contributed by atoms with Gasteiger partial charge in [-0.1, -0.05) is 6.07 Å². The van der Waals surface area contributed by atoms with Crippen molar-refractivity contribution in [1.29, 1.82) is 0 Å². The zero-order valence-corrected chi connectivity index (χ0v) is 18.1. The number of nitrogens with one attached hydrogen (secondary N) is 2.